The van der Waals surface area contributed by atoms with Crippen LogP contribution in [-0.4, -0.2) is 62.7 Å². The van der Waals surface area contributed by atoms with Crippen LogP contribution < -0.4 is 0 Å². The van der Waals surface area contributed by atoms with Gasteiger partial charge >= 0.3 is 5.97 Å². The molecule has 0 spiro atoms. The van der Waals surface area contributed by atoms with Crippen molar-refractivity contribution in [3.63, 3.8) is 0 Å². The summed E-state index contributed by atoms with van der Waals surface area (Å²) in [5, 5.41) is 13.1. The summed E-state index contributed by atoms with van der Waals surface area (Å²) in [6.07, 6.45) is 1.44. The quantitative estimate of drug-likeness (QED) is 0.877. The number of piperazine rings is 1. The van der Waals surface area contributed by atoms with Crippen LogP contribution >= 0.6 is 0 Å². The van der Waals surface area contributed by atoms with Gasteiger partial charge in [0.15, 0.2) is 0 Å². The van der Waals surface area contributed by atoms with Gasteiger partial charge < -0.3 is 10.0 Å². The second-order valence-corrected chi connectivity index (χ2v) is 6.37. The van der Waals surface area contributed by atoms with Crippen LogP contribution in [0.1, 0.15) is 29.0 Å². The molecule has 138 valence electrons. The summed E-state index contributed by atoms with van der Waals surface area (Å²) in [6, 6.07) is 7.06. The van der Waals surface area contributed by atoms with Crippen LogP contribution in [0.5, 0.6) is 0 Å². The van der Waals surface area contributed by atoms with Gasteiger partial charge in [-0.3, -0.25) is 9.69 Å². The van der Waals surface area contributed by atoms with Gasteiger partial charge in [0.25, 0.3) is 5.91 Å². The molecule has 0 radical (unpaired) electrons. The Bertz CT molecular complexity index is 782. The number of halogens is 1. The van der Waals surface area contributed by atoms with E-state index in [1.807, 2.05) is 0 Å². The third-order valence-electron chi connectivity index (χ3n) is 4.59. The number of aliphatic carboxylic acids is 1. The lowest BCUT2D eigenvalue weighted by Crippen LogP contribution is -2.48. The molecule has 1 aliphatic heterocycles. The van der Waals surface area contributed by atoms with Gasteiger partial charge in [-0.15, -0.1) is 0 Å². The smallest absolute Gasteiger partial charge is 0.328 e. The first-order valence-corrected chi connectivity index (χ1v) is 8.48. The molecule has 1 aliphatic rings. The van der Waals surface area contributed by atoms with E-state index in [1.54, 1.807) is 23.1 Å². The van der Waals surface area contributed by atoms with Crippen molar-refractivity contribution in [2.75, 3.05) is 26.2 Å². The Morgan fingerprint density at radius 1 is 1.15 bits per heavy atom. The van der Waals surface area contributed by atoms with Gasteiger partial charge in [0, 0.05) is 38.9 Å². The van der Waals surface area contributed by atoms with Crippen LogP contribution in [-0.2, 0) is 11.3 Å². The van der Waals surface area contributed by atoms with Crippen LogP contribution in [0.15, 0.2) is 36.5 Å². The maximum absolute atomic E-state index is 13.0. The molecule has 0 bridgehead atoms. The second kappa shape index (κ2) is 7.65. The predicted octanol–water partition coefficient (Wildman–Crippen LogP) is 1.63. The normalized spacial score (nSPS) is 16.5. The number of carboxylic acid groups (broad SMARTS) is 1. The molecule has 1 fully saturated rings. The maximum Gasteiger partial charge on any atom is 0.328 e. The third-order valence-corrected chi connectivity index (χ3v) is 4.59. The van der Waals surface area contributed by atoms with Crippen molar-refractivity contribution in [1.29, 1.82) is 0 Å². The lowest BCUT2D eigenvalue weighted by molar-refractivity contribution is -0.140. The molecule has 0 saturated carbocycles. The van der Waals surface area contributed by atoms with Gasteiger partial charge in [-0.1, -0.05) is 12.1 Å². The topological polar surface area (TPSA) is 78.7 Å². The van der Waals surface area contributed by atoms with E-state index >= 15 is 0 Å². The number of hydrogen-bond donors (Lipinski definition) is 1. The second-order valence-electron chi connectivity index (χ2n) is 6.37. The summed E-state index contributed by atoms with van der Waals surface area (Å²) < 4.78 is 14.2. The van der Waals surface area contributed by atoms with Crippen molar-refractivity contribution in [2.24, 2.45) is 0 Å². The number of aromatic nitrogens is 2. The number of hydrogen-bond acceptors (Lipinski definition) is 4. The van der Waals surface area contributed by atoms with E-state index in [0.29, 0.717) is 32.7 Å². The zero-order valence-corrected chi connectivity index (χ0v) is 14.5. The minimum atomic E-state index is -1.04. The minimum Gasteiger partial charge on any atom is -0.480 e. The van der Waals surface area contributed by atoms with Crippen LogP contribution in [0.4, 0.5) is 4.39 Å². The molecule has 7 nitrogen and oxygen atoms in total. The van der Waals surface area contributed by atoms with E-state index in [0.717, 1.165) is 5.56 Å². The van der Waals surface area contributed by atoms with Crippen molar-refractivity contribution >= 4 is 11.9 Å². The molecule has 1 unspecified atom stereocenters. The first-order chi connectivity index (χ1) is 12.5. The predicted molar refractivity (Wildman–Crippen MR) is 92.2 cm³/mol. The zero-order valence-electron chi connectivity index (χ0n) is 14.5. The van der Waals surface area contributed by atoms with Gasteiger partial charge in [-0.05, 0) is 30.7 Å². The average molecular weight is 360 g/mol. The summed E-state index contributed by atoms with van der Waals surface area (Å²) in [5.41, 5.74) is 1.31. The number of carboxylic acids is 1. The summed E-state index contributed by atoms with van der Waals surface area (Å²) in [7, 11) is 0. The lowest BCUT2D eigenvalue weighted by Gasteiger charge is -2.34. The first-order valence-electron chi connectivity index (χ1n) is 8.48. The van der Waals surface area contributed by atoms with Crippen molar-refractivity contribution in [1.82, 2.24) is 19.6 Å². The van der Waals surface area contributed by atoms with Crippen LogP contribution in [0.2, 0.25) is 0 Å². The SMILES string of the molecule is CC(C(=O)O)n1nccc1C(=O)N1CCN(Cc2ccc(F)cc2)CC1. The molecule has 1 amide bonds. The largest absolute Gasteiger partial charge is 0.480 e. The number of benzene rings is 1. The summed E-state index contributed by atoms with van der Waals surface area (Å²) >= 11 is 0. The molecule has 2 aromatic rings. The average Bonchev–Trinajstić information content (AvgIpc) is 3.12. The molecule has 3 rings (SSSR count). The van der Waals surface area contributed by atoms with Crippen molar-refractivity contribution in [3.8, 4) is 0 Å². The van der Waals surface area contributed by atoms with E-state index in [2.05, 4.69) is 10.00 Å². The first kappa shape index (κ1) is 18.1. The molecule has 26 heavy (non-hydrogen) atoms. The van der Waals surface area contributed by atoms with E-state index in [9.17, 15) is 14.0 Å². The van der Waals surface area contributed by atoms with Gasteiger partial charge in [0.1, 0.15) is 17.6 Å². The highest BCUT2D eigenvalue weighted by atomic mass is 19.1. The molecular formula is C18H21FN4O3. The van der Waals surface area contributed by atoms with E-state index in [-0.39, 0.29) is 17.4 Å². The molecule has 0 aliphatic carbocycles. The third kappa shape index (κ3) is 3.91. The fraction of sp³-hybridized carbons (Fsp3) is 0.389. The molecule has 1 aromatic carbocycles. The van der Waals surface area contributed by atoms with Gasteiger partial charge in [-0.2, -0.15) is 5.10 Å². The number of rotatable bonds is 5. The Morgan fingerprint density at radius 2 is 1.81 bits per heavy atom. The fourth-order valence-corrected chi connectivity index (χ4v) is 3.02. The molecule has 1 atom stereocenters. The molecule has 2 heterocycles. The number of carbonyl (C=O) groups excluding carboxylic acids is 1. The Hall–Kier alpha value is -2.74. The number of carbonyl (C=O) groups is 2. The van der Waals surface area contributed by atoms with Gasteiger partial charge in [-0.25, -0.2) is 13.9 Å². The standard InChI is InChI=1S/C18H21FN4O3/c1-13(18(25)26)23-16(6-7-20-23)17(24)22-10-8-21(9-11-22)12-14-2-4-15(19)5-3-14/h2-7,13H,8-12H2,1H3,(H,25,26). The summed E-state index contributed by atoms with van der Waals surface area (Å²) in [6.45, 7) is 4.69. The summed E-state index contributed by atoms with van der Waals surface area (Å²) in [4.78, 5) is 27.8. The van der Waals surface area contributed by atoms with E-state index < -0.39 is 12.0 Å². The Kier molecular flexibility index (Phi) is 5.32. The maximum atomic E-state index is 13.0. The highest BCUT2D eigenvalue weighted by Crippen LogP contribution is 2.15. The van der Waals surface area contributed by atoms with E-state index in [1.165, 1.54) is 29.9 Å². The molecule has 1 saturated heterocycles. The molecule has 1 N–H and O–H groups in total. The highest BCUT2D eigenvalue weighted by molar-refractivity contribution is 5.93. The minimum absolute atomic E-state index is 0.211. The van der Waals surface area contributed by atoms with Crippen molar-refractivity contribution in [3.05, 3.63) is 53.6 Å². The van der Waals surface area contributed by atoms with E-state index in [4.69, 9.17) is 5.11 Å². The van der Waals surface area contributed by atoms with Crippen LogP contribution in [0.3, 0.4) is 0 Å². The Balaban J connectivity index is 1.60. The highest BCUT2D eigenvalue weighted by Gasteiger charge is 2.27. The van der Waals surface area contributed by atoms with Crippen molar-refractivity contribution < 1.29 is 19.1 Å². The van der Waals surface area contributed by atoms with Crippen molar-refractivity contribution in [2.45, 2.75) is 19.5 Å². The van der Waals surface area contributed by atoms with Crippen LogP contribution in [0, 0.1) is 5.82 Å². The fourth-order valence-electron chi connectivity index (χ4n) is 3.02. The Labute approximate surface area is 150 Å². The molecular weight excluding hydrogens is 339 g/mol. The summed E-state index contributed by atoms with van der Waals surface area (Å²) in [5.74, 6) is -1.50. The molecule has 1 aromatic heterocycles. The number of nitrogens with zero attached hydrogens (tertiary/aromatic N) is 4. The number of amides is 1. The van der Waals surface area contributed by atoms with Crippen LogP contribution in [0.25, 0.3) is 0 Å². The monoisotopic (exact) mass is 360 g/mol. The lowest BCUT2D eigenvalue weighted by atomic mass is 10.2. The Morgan fingerprint density at radius 3 is 2.42 bits per heavy atom. The van der Waals surface area contributed by atoms with Gasteiger partial charge in [0.05, 0.1) is 0 Å². The zero-order chi connectivity index (χ0) is 18.7. The van der Waals surface area contributed by atoms with Gasteiger partial charge in [0.2, 0.25) is 0 Å². The molecule has 8 heteroatoms.